The molecule has 1 rings (SSSR count). The summed E-state index contributed by atoms with van der Waals surface area (Å²) in [7, 11) is 0. The molecule has 1 atom stereocenters. The van der Waals surface area contributed by atoms with Crippen LogP contribution in [0.25, 0.3) is 0 Å². The van der Waals surface area contributed by atoms with E-state index in [2.05, 4.69) is 23.1 Å². The number of hydrogen-bond donors (Lipinski definition) is 1. The van der Waals surface area contributed by atoms with Gasteiger partial charge in [0.15, 0.2) is 0 Å². The quantitative estimate of drug-likeness (QED) is 0.737. The van der Waals surface area contributed by atoms with Gasteiger partial charge in [-0.25, -0.2) is 0 Å². The third kappa shape index (κ3) is 2.50. The molecule has 2 heteroatoms. The maximum atomic E-state index is 5.48. The van der Waals surface area contributed by atoms with Crippen molar-refractivity contribution in [1.29, 1.82) is 0 Å². The van der Waals surface area contributed by atoms with Crippen LogP contribution in [0.15, 0.2) is 18.3 Å². The van der Waals surface area contributed by atoms with Gasteiger partial charge in [0, 0.05) is 17.6 Å². The number of nitrogens with zero attached hydrogens (tertiary/aromatic N) is 1. The van der Waals surface area contributed by atoms with Crippen molar-refractivity contribution in [1.82, 2.24) is 4.98 Å². The van der Waals surface area contributed by atoms with E-state index in [1.165, 1.54) is 0 Å². The molecule has 1 aromatic heterocycles. The van der Waals surface area contributed by atoms with Gasteiger partial charge in [-0.3, -0.25) is 4.98 Å². The molecule has 0 fully saturated rings. The minimum absolute atomic E-state index is 0.270. The summed E-state index contributed by atoms with van der Waals surface area (Å²) in [5, 5.41) is 3.32. The summed E-state index contributed by atoms with van der Waals surface area (Å²) in [5.41, 5.74) is 1.75. The van der Waals surface area contributed by atoms with Crippen LogP contribution in [0.2, 0.25) is 0 Å². The number of aryl methyl sites for hydroxylation is 1. The molecule has 0 saturated heterocycles. The molecule has 0 aliphatic carbocycles. The van der Waals surface area contributed by atoms with Crippen LogP contribution in [0.4, 0.5) is 5.69 Å². The lowest BCUT2D eigenvalue weighted by molar-refractivity contribution is 0.635. The second-order valence-corrected chi connectivity index (χ2v) is 3.64. The summed E-state index contributed by atoms with van der Waals surface area (Å²) in [5.74, 6) is 2.76. The SMILES string of the molecule is C#CC(C)(CC)Nc1ccnc(C)c1. The van der Waals surface area contributed by atoms with Gasteiger partial charge in [0.2, 0.25) is 0 Å². The zero-order valence-electron chi connectivity index (χ0n) is 8.96. The average molecular weight is 188 g/mol. The number of anilines is 1. The lowest BCUT2D eigenvalue weighted by Crippen LogP contribution is -2.31. The van der Waals surface area contributed by atoms with Gasteiger partial charge in [-0.1, -0.05) is 12.8 Å². The first kappa shape index (κ1) is 10.6. The lowest BCUT2D eigenvalue weighted by atomic mass is 10.00. The Morgan fingerprint density at radius 1 is 1.64 bits per heavy atom. The molecule has 1 unspecified atom stereocenters. The largest absolute Gasteiger partial charge is 0.369 e. The van der Waals surface area contributed by atoms with Crippen LogP contribution in [0.1, 0.15) is 26.0 Å². The first-order valence-corrected chi connectivity index (χ1v) is 4.78. The summed E-state index contributed by atoms with van der Waals surface area (Å²) >= 11 is 0. The van der Waals surface area contributed by atoms with Crippen LogP contribution >= 0.6 is 0 Å². The second kappa shape index (κ2) is 4.15. The molecular formula is C12H16N2. The van der Waals surface area contributed by atoms with Crippen molar-refractivity contribution in [3.8, 4) is 12.3 Å². The average Bonchev–Trinajstić information content (AvgIpc) is 2.18. The molecule has 2 nitrogen and oxygen atoms in total. The normalized spacial score (nSPS) is 14.1. The number of aromatic nitrogens is 1. The fourth-order valence-electron chi connectivity index (χ4n) is 1.17. The predicted octanol–water partition coefficient (Wildman–Crippen LogP) is 2.60. The molecule has 0 saturated carbocycles. The van der Waals surface area contributed by atoms with Gasteiger partial charge in [0.1, 0.15) is 0 Å². The molecule has 1 aromatic rings. The second-order valence-electron chi connectivity index (χ2n) is 3.64. The van der Waals surface area contributed by atoms with E-state index in [-0.39, 0.29) is 5.54 Å². The minimum atomic E-state index is -0.270. The van der Waals surface area contributed by atoms with Crippen molar-refractivity contribution < 1.29 is 0 Å². The van der Waals surface area contributed by atoms with Crippen molar-refractivity contribution in [3.05, 3.63) is 24.0 Å². The van der Waals surface area contributed by atoms with E-state index in [1.54, 1.807) is 6.20 Å². The first-order chi connectivity index (χ1) is 6.59. The van der Waals surface area contributed by atoms with Crippen molar-refractivity contribution in [2.24, 2.45) is 0 Å². The van der Waals surface area contributed by atoms with Crippen molar-refractivity contribution in [3.63, 3.8) is 0 Å². The molecule has 0 aromatic carbocycles. The lowest BCUT2D eigenvalue weighted by Gasteiger charge is -2.24. The molecule has 0 aliphatic heterocycles. The Kier molecular flexibility index (Phi) is 3.14. The molecule has 14 heavy (non-hydrogen) atoms. The van der Waals surface area contributed by atoms with Gasteiger partial charge in [0.05, 0.1) is 5.54 Å². The molecule has 0 bridgehead atoms. The summed E-state index contributed by atoms with van der Waals surface area (Å²) in [6.45, 7) is 6.05. The van der Waals surface area contributed by atoms with Gasteiger partial charge in [0.25, 0.3) is 0 Å². The van der Waals surface area contributed by atoms with E-state index in [0.717, 1.165) is 17.8 Å². The molecule has 0 aliphatic rings. The first-order valence-electron chi connectivity index (χ1n) is 4.78. The van der Waals surface area contributed by atoms with Crippen LogP contribution in [0.5, 0.6) is 0 Å². The Morgan fingerprint density at radius 3 is 2.86 bits per heavy atom. The predicted molar refractivity (Wildman–Crippen MR) is 60.1 cm³/mol. The van der Waals surface area contributed by atoms with E-state index in [0.29, 0.717) is 0 Å². The Bertz CT molecular complexity index is 352. The van der Waals surface area contributed by atoms with Crippen LogP contribution in [-0.2, 0) is 0 Å². The van der Waals surface area contributed by atoms with Gasteiger partial charge >= 0.3 is 0 Å². The number of nitrogens with one attached hydrogen (secondary N) is 1. The van der Waals surface area contributed by atoms with Crippen molar-refractivity contribution in [2.75, 3.05) is 5.32 Å². The molecule has 1 heterocycles. The van der Waals surface area contributed by atoms with Crippen molar-refractivity contribution >= 4 is 5.69 Å². The molecule has 0 spiro atoms. The smallest absolute Gasteiger partial charge is 0.0953 e. The maximum absolute atomic E-state index is 5.48. The summed E-state index contributed by atoms with van der Waals surface area (Å²) in [4.78, 5) is 4.13. The number of rotatable bonds is 3. The highest BCUT2D eigenvalue weighted by molar-refractivity contribution is 5.47. The maximum Gasteiger partial charge on any atom is 0.0953 e. The highest BCUT2D eigenvalue weighted by Crippen LogP contribution is 2.17. The Hall–Kier alpha value is -1.49. The third-order valence-electron chi connectivity index (χ3n) is 2.34. The van der Waals surface area contributed by atoms with E-state index in [9.17, 15) is 0 Å². The van der Waals surface area contributed by atoms with Crippen LogP contribution in [0, 0.1) is 19.3 Å². The van der Waals surface area contributed by atoms with Gasteiger partial charge < -0.3 is 5.32 Å². The summed E-state index contributed by atoms with van der Waals surface area (Å²) < 4.78 is 0. The van der Waals surface area contributed by atoms with Gasteiger partial charge in [-0.15, -0.1) is 6.42 Å². The fourth-order valence-corrected chi connectivity index (χ4v) is 1.17. The summed E-state index contributed by atoms with van der Waals surface area (Å²) in [6, 6.07) is 3.92. The summed E-state index contributed by atoms with van der Waals surface area (Å²) in [6.07, 6.45) is 8.15. The number of terminal acetylenes is 1. The highest BCUT2D eigenvalue weighted by Gasteiger charge is 2.17. The van der Waals surface area contributed by atoms with E-state index in [1.807, 2.05) is 26.0 Å². The monoisotopic (exact) mass is 188 g/mol. The Labute approximate surface area is 85.8 Å². The van der Waals surface area contributed by atoms with E-state index in [4.69, 9.17) is 6.42 Å². The Morgan fingerprint density at radius 2 is 2.36 bits per heavy atom. The van der Waals surface area contributed by atoms with Gasteiger partial charge in [-0.05, 0) is 32.4 Å². The zero-order valence-corrected chi connectivity index (χ0v) is 8.96. The van der Waals surface area contributed by atoms with Crippen LogP contribution in [-0.4, -0.2) is 10.5 Å². The number of hydrogen-bond acceptors (Lipinski definition) is 2. The molecule has 1 N–H and O–H groups in total. The van der Waals surface area contributed by atoms with E-state index >= 15 is 0 Å². The van der Waals surface area contributed by atoms with Crippen LogP contribution in [0.3, 0.4) is 0 Å². The number of pyridine rings is 1. The minimum Gasteiger partial charge on any atom is -0.369 e. The molecular weight excluding hydrogens is 172 g/mol. The molecule has 0 radical (unpaired) electrons. The van der Waals surface area contributed by atoms with E-state index < -0.39 is 0 Å². The fraction of sp³-hybridized carbons (Fsp3) is 0.417. The third-order valence-corrected chi connectivity index (χ3v) is 2.34. The van der Waals surface area contributed by atoms with Crippen molar-refractivity contribution in [2.45, 2.75) is 32.7 Å². The topological polar surface area (TPSA) is 24.9 Å². The highest BCUT2D eigenvalue weighted by atomic mass is 15.0. The zero-order chi connectivity index (χ0) is 10.6. The van der Waals surface area contributed by atoms with Crippen LogP contribution < -0.4 is 5.32 Å². The Balaban J connectivity index is 2.84. The van der Waals surface area contributed by atoms with Gasteiger partial charge in [-0.2, -0.15) is 0 Å². The molecule has 74 valence electrons. The molecule has 0 amide bonds. The standard InChI is InChI=1S/C12H16N2/c1-5-12(4,6-2)14-11-7-8-13-10(3)9-11/h1,7-9H,6H2,2-4H3,(H,13,14).